The van der Waals surface area contributed by atoms with E-state index in [1.54, 1.807) is 0 Å². The minimum Gasteiger partial charge on any atom is -0.198 e. The lowest BCUT2D eigenvalue weighted by molar-refractivity contribution is 0.0468. The van der Waals surface area contributed by atoms with Gasteiger partial charge in [-0.25, -0.2) is 0 Å². The van der Waals surface area contributed by atoms with Crippen LogP contribution in [0.5, 0.6) is 0 Å². The van der Waals surface area contributed by atoms with E-state index in [-0.39, 0.29) is 0 Å². The molecule has 8 atom stereocenters. The smallest absolute Gasteiger partial charge is 0.0661 e. The topological polar surface area (TPSA) is 23.8 Å². The third-order valence-corrected chi connectivity index (χ3v) is 9.44. The second-order valence-corrected chi connectivity index (χ2v) is 9.61. The Labute approximate surface area is 129 Å². The van der Waals surface area contributed by atoms with Crippen molar-refractivity contribution < 1.29 is 0 Å². The Balaban J connectivity index is 1.59. The predicted molar refractivity (Wildman–Crippen MR) is 83.3 cm³/mol. The molecule has 5 fully saturated rings. The van der Waals surface area contributed by atoms with Crippen molar-refractivity contribution in [3.8, 4) is 6.07 Å². The summed E-state index contributed by atoms with van der Waals surface area (Å²) < 4.78 is 0. The van der Waals surface area contributed by atoms with Crippen LogP contribution in [0.2, 0.25) is 0 Å². The van der Waals surface area contributed by atoms with Crippen LogP contribution in [0.4, 0.5) is 0 Å². The third kappa shape index (κ3) is 1.17. The van der Waals surface area contributed by atoms with Gasteiger partial charge in [-0.15, -0.1) is 0 Å². The second-order valence-electron chi connectivity index (χ2n) is 9.61. The molecule has 21 heavy (non-hydrogen) atoms. The molecule has 5 aliphatic carbocycles. The van der Waals surface area contributed by atoms with E-state index in [4.69, 9.17) is 0 Å². The van der Waals surface area contributed by atoms with Gasteiger partial charge in [-0.1, -0.05) is 20.3 Å². The molecular weight excluding hydrogens is 254 g/mol. The number of rotatable bonds is 0. The van der Waals surface area contributed by atoms with Gasteiger partial charge >= 0.3 is 0 Å². The van der Waals surface area contributed by atoms with Crippen LogP contribution in [0.15, 0.2) is 0 Å². The summed E-state index contributed by atoms with van der Waals surface area (Å²) in [7, 11) is 0. The average Bonchev–Trinajstić information content (AvgIpc) is 2.75. The molecule has 0 saturated heterocycles. The van der Waals surface area contributed by atoms with Crippen LogP contribution in [0, 0.1) is 57.2 Å². The van der Waals surface area contributed by atoms with Crippen LogP contribution in [-0.4, -0.2) is 0 Å². The van der Waals surface area contributed by atoms with Gasteiger partial charge in [-0.05, 0) is 91.3 Å². The van der Waals surface area contributed by atoms with Gasteiger partial charge in [0.2, 0.25) is 0 Å². The van der Waals surface area contributed by atoms with Crippen molar-refractivity contribution in [3.05, 3.63) is 0 Å². The maximum atomic E-state index is 9.63. The van der Waals surface area contributed by atoms with E-state index >= 15 is 0 Å². The molecule has 114 valence electrons. The summed E-state index contributed by atoms with van der Waals surface area (Å²) in [5, 5.41) is 9.63. The molecule has 2 spiro atoms. The minimum absolute atomic E-state index is 0.357. The van der Waals surface area contributed by atoms with Crippen molar-refractivity contribution in [2.24, 2.45) is 45.8 Å². The summed E-state index contributed by atoms with van der Waals surface area (Å²) in [5.74, 6) is 4.32. The van der Waals surface area contributed by atoms with Crippen LogP contribution >= 0.6 is 0 Å². The number of hydrogen-bond donors (Lipinski definition) is 0. The lowest BCUT2D eigenvalue weighted by Crippen LogP contribution is -2.38. The fourth-order valence-corrected chi connectivity index (χ4v) is 8.91. The molecular formula is C20H29N. The molecule has 5 aliphatic rings. The van der Waals surface area contributed by atoms with E-state index < -0.39 is 0 Å². The largest absolute Gasteiger partial charge is 0.198 e. The Kier molecular flexibility index (Phi) is 2.28. The SMILES string of the molecule is CC1CCC2CCC34C5CCC(C#N)C5(C)CCC3C24C1. The van der Waals surface area contributed by atoms with Gasteiger partial charge in [0.05, 0.1) is 12.0 Å². The van der Waals surface area contributed by atoms with Crippen LogP contribution in [0.25, 0.3) is 0 Å². The second kappa shape index (κ2) is 3.69. The van der Waals surface area contributed by atoms with Crippen molar-refractivity contribution in [2.75, 3.05) is 0 Å². The van der Waals surface area contributed by atoms with Crippen molar-refractivity contribution in [1.82, 2.24) is 0 Å². The molecule has 5 rings (SSSR count). The maximum Gasteiger partial charge on any atom is 0.0661 e. The lowest BCUT2D eigenvalue weighted by atomic mass is 9.60. The molecule has 5 saturated carbocycles. The quantitative estimate of drug-likeness (QED) is 0.601. The Bertz CT molecular complexity index is 532. The first-order valence-electron chi connectivity index (χ1n) is 9.49. The van der Waals surface area contributed by atoms with E-state index in [2.05, 4.69) is 19.9 Å². The van der Waals surface area contributed by atoms with E-state index in [1.807, 2.05) is 0 Å². The first-order valence-corrected chi connectivity index (χ1v) is 9.49. The summed E-state index contributed by atoms with van der Waals surface area (Å²) in [5.41, 5.74) is 1.81. The molecule has 0 N–H and O–H groups in total. The number of fused-ring (bicyclic) bond motifs is 1. The van der Waals surface area contributed by atoms with E-state index in [0.717, 1.165) is 29.1 Å². The van der Waals surface area contributed by atoms with Crippen LogP contribution in [-0.2, 0) is 0 Å². The van der Waals surface area contributed by atoms with Gasteiger partial charge in [0.1, 0.15) is 0 Å². The zero-order chi connectivity index (χ0) is 14.5. The number of nitriles is 1. The van der Waals surface area contributed by atoms with E-state index in [0.29, 0.717) is 16.7 Å². The highest BCUT2D eigenvalue weighted by Crippen LogP contribution is 2.91. The van der Waals surface area contributed by atoms with Gasteiger partial charge in [0.15, 0.2) is 0 Å². The molecule has 0 bridgehead atoms. The highest BCUT2D eigenvalue weighted by atomic mass is 14.9. The van der Waals surface area contributed by atoms with Gasteiger partial charge in [0.25, 0.3) is 0 Å². The van der Waals surface area contributed by atoms with Gasteiger partial charge in [-0.2, -0.15) is 5.26 Å². The Morgan fingerprint density at radius 3 is 2.57 bits per heavy atom. The van der Waals surface area contributed by atoms with Gasteiger partial charge in [0, 0.05) is 0 Å². The monoisotopic (exact) mass is 283 g/mol. The molecule has 1 heteroatoms. The molecule has 0 radical (unpaired) electrons. The van der Waals surface area contributed by atoms with Crippen molar-refractivity contribution in [3.63, 3.8) is 0 Å². The fourth-order valence-electron chi connectivity index (χ4n) is 8.91. The van der Waals surface area contributed by atoms with Crippen LogP contribution in [0.3, 0.4) is 0 Å². The highest BCUT2D eigenvalue weighted by Gasteiger charge is 2.86. The molecule has 0 amide bonds. The first-order chi connectivity index (χ1) is 10.1. The Morgan fingerprint density at radius 1 is 0.905 bits per heavy atom. The molecule has 0 aliphatic heterocycles. The van der Waals surface area contributed by atoms with E-state index in [1.165, 1.54) is 57.8 Å². The number of hydrogen-bond acceptors (Lipinski definition) is 1. The molecule has 0 aromatic rings. The number of nitrogens with zero attached hydrogens (tertiary/aromatic N) is 1. The lowest BCUT2D eigenvalue weighted by Gasteiger charge is -2.44. The first kappa shape index (κ1) is 13.0. The van der Waals surface area contributed by atoms with Crippen molar-refractivity contribution in [1.29, 1.82) is 5.26 Å². The summed E-state index contributed by atoms with van der Waals surface area (Å²) in [6.07, 6.45) is 12.9. The van der Waals surface area contributed by atoms with Gasteiger partial charge in [-0.3, -0.25) is 0 Å². The third-order valence-electron chi connectivity index (χ3n) is 9.44. The summed E-state index contributed by atoms with van der Waals surface area (Å²) in [6.45, 7) is 5.00. The predicted octanol–water partition coefficient (Wildman–Crippen LogP) is 5.17. The molecule has 0 aromatic carbocycles. The van der Waals surface area contributed by atoms with Crippen molar-refractivity contribution in [2.45, 2.75) is 71.6 Å². The van der Waals surface area contributed by atoms with Crippen LogP contribution in [0.1, 0.15) is 71.6 Å². The fraction of sp³-hybridized carbons (Fsp3) is 0.950. The molecule has 0 heterocycles. The maximum absolute atomic E-state index is 9.63. The molecule has 8 unspecified atom stereocenters. The normalized spacial score (nSPS) is 64.0. The molecule has 1 nitrogen and oxygen atoms in total. The summed E-state index contributed by atoms with van der Waals surface area (Å²) in [6, 6.07) is 2.70. The standard InChI is InChI=1S/C20H29N/c1-13-3-4-14-7-10-19-16-6-5-15(12-21)18(16,2)9-8-17(19)20(14,19)11-13/h13-17H,3-11H2,1-2H3. The van der Waals surface area contributed by atoms with Crippen molar-refractivity contribution >= 4 is 0 Å². The average molecular weight is 283 g/mol. The van der Waals surface area contributed by atoms with Crippen LogP contribution < -0.4 is 0 Å². The Morgan fingerprint density at radius 2 is 1.76 bits per heavy atom. The summed E-state index contributed by atoms with van der Waals surface area (Å²) >= 11 is 0. The Hall–Kier alpha value is -0.510. The van der Waals surface area contributed by atoms with Gasteiger partial charge < -0.3 is 0 Å². The summed E-state index contributed by atoms with van der Waals surface area (Å²) in [4.78, 5) is 0. The zero-order valence-corrected chi connectivity index (χ0v) is 13.7. The molecule has 0 aromatic heterocycles. The van der Waals surface area contributed by atoms with E-state index in [9.17, 15) is 5.26 Å². The minimum atomic E-state index is 0.357. The highest BCUT2D eigenvalue weighted by molar-refractivity contribution is 5.34. The zero-order valence-electron chi connectivity index (χ0n) is 13.7.